The topological polar surface area (TPSA) is 67.4 Å². The SMILES string of the molecule is C[C@@H]1CC[C@H](C(=O)Nc2ccccc2C2CCC(=O)N2)O1. The lowest BCUT2D eigenvalue weighted by Crippen LogP contribution is -2.29. The van der Waals surface area contributed by atoms with E-state index in [4.69, 9.17) is 4.74 Å². The van der Waals surface area contributed by atoms with Crippen LogP contribution in [0.25, 0.3) is 0 Å². The minimum atomic E-state index is -0.369. The summed E-state index contributed by atoms with van der Waals surface area (Å²) < 4.78 is 5.60. The molecule has 0 spiro atoms. The third-order valence-corrected chi connectivity index (χ3v) is 4.11. The van der Waals surface area contributed by atoms with Gasteiger partial charge in [-0.1, -0.05) is 18.2 Å². The molecule has 3 rings (SSSR count). The van der Waals surface area contributed by atoms with Crippen LogP contribution < -0.4 is 10.6 Å². The molecule has 5 heteroatoms. The molecular formula is C16H20N2O3. The lowest BCUT2D eigenvalue weighted by Gasteiger charge is -2.18. The summed E-state index contributed by atoms with van der Waals surface area (Å²) in [6, 6.07) is 7.61. The molecule has 2 saturated heterocycles. The van der Waals surface area contributed by atoms with Crippen LogP contribution in [0.1, 0.15) is 44.2 Å². The Hall–Kier alpha value is -1.88. The highest BCUT2D eigenvalue weighted by Crippen LogP contribution is 2.30. The monoisotopic (exact) mass is 288 g/mol. The van der Waals surface area contributed by atoms with E-state index in [0.29, 0.717) is 6.42 Å². The number of anilines is 1. The highest BCUT2D eigenvalue weighted by Gasteiger charge is 2.30. The summed E-state index contributed by atoms with van der Waals surface area (Å²) in [5.74, 6) is -0.0368. The van der Waals surface area contributed by atoms with Crippen molar-refractivity contribution >= 4 is 17.5 Å². The van der Waals surface area contributed by atoms with E-state index in [2.05, 4.69) is 10.6 Å². The van der Waals surface area contributed by atoms with Crippen molar-refractivity contribution in [3.8, 4) is 0 Å². The first-order chi connectivity index (χ1) is 10.1. The van der Waals surface area contributed by atoms with Crippen molar-refractivity contribution in [3.05, 3.63) is 29.8 Å². The van der Waals surface area contributed by atoms with Crippen molar-refractivity contribution in [2.45, 2.75) is 50.9 Å². The van der Waals surface area contributed by atoms with Gasteiger partial charge in [0.2, 0.25) is 5.91 Å². The quantitative estimate of drug-likeness (QED) is 0.895. The molecule has 112 valence electrons. The molecule has 2 fully saturated rings. The molecule has 2 heterocycles. The Balaban J connectivity index is 1.73. The van der Waals surface area contributed by atoms with Crippen LogP contribution in [0.2, 0.25) is 0 Å². The standard InChI is InChI=1S/C16H20N2O3/c1-10-6-8-14(21-10)16(20)18-12-5-3-2-4-11(12)13-7-9-15(19)17-13/h2-5,10,13-14H,6-9H2,1H3,(H,17,19)(H,18,20)/t10-,13?,14-/m1/s1. The van der Waals surface area contributed by atoms with Gasteiger partial charge in [0.05, 0.1) is 12.1 Å². The van der Waals surface area contributed by atoms with Crippen LogP contribution in [0, 0.1) is 0 Å². The molecular weight excluding hydrogens is 268 g/mol. The average molecular weight is 288 g/mol. The molecule has 1 aromatic rings. The van der Waals surface area contributed by atoms with E-state index < -0.39 is 0 Å². The summed E-state index contributed by atoms with van der Waals surface area (Å²) in [5, 5.41) is 5.89. The lowest BCUT2D eigenvalue weighted by atomic mass is 10.0. The van der Waals surface area contributed by atoms with Crippen molar-refractivity contribution in [3.63, 3.8) is 0 Å². The number of ether oxygens (including phenoxy) is 1. The third-order valence-electron chi connectivity index (χ3n) is 4.11. The molecule has 0 radical (unpaired) electrons. The minimum absolute atomic E-state index is 0.0163. The third kappa shape index (κ3) is 3.08. The van der Waals surface area contributed by atoms with Crippen molar-refractivity contribution in [2.24, 2.45) is 0 Å². The molecule has 3 atom stereocenters. The van der Waals surface area contributed by atoms with Crippen LogP contribution in [-0.2, 0) is 14.3 Å². The smallest absolute Gasteiger partial charge is 0.253 e. The number of hydrogen-bond donors (Lipinski definition) is 2. The number of nitrogens with one attached hydrogen (secondary N) is 2. The maximum Gasteiger partial charge on any atom is 0.253 e. The molecule has 0 saturated carbocycles. The van der Waals surface area contributed by atoms with Crippen LogP contribution in [0.15, 0.2) is 24.3 Å². The van der Waals surface area contributed by atoms with Gasteiger partial charge in [-0.05, 0) is 37.8 Å². The van der Waals surface area contributed by atoms with Crippen molar-refractivity contribution in [1.82, 2.24) is 5.32 Å². The second kappa shape index (κ2) is 5.85. The van der Waals surface area contributed by atoms with Gasteiger partial charge in [0.15, 0.2) is 0 Å². The highest BCUT2D eigenvalue weighted by molar-refractivity contribution is 5.95. The average Bonchev–Trinajstić information content (AvgIpc) is 3.08. The van der Waals surface area contributed by atoms with E-state index in [9.17, 15) is 9.59 Å². The molecule has 2 amide bonds. The van der Waals surface area contributed by atoms with Gasteiger partial charge in [0, 0.05) is 12.1 Å². The molecule has 1 unspecified atom stereocenters. The van der Waals surface area contributed by atoms with E-state index in [1.54, 1.807) is 0 Å². The number of para-hydroxylation sites is 1. The van der Waals surface area contributed by atoms with Crippen molar-refractivity contribution in [1.29, 1.82) is 0 Å². The Morgan fingerprint density at radius 3 is 2.76 bits per heavy atom. The van der Waals surface area contributed by atoms with E-state index in [1.807, 2.05) is 31.2 Å². The first-order valence-corrected chi connectivity index (χ1v) is 7.48. The molecule has 21 heavy (non-hydrogen) atoms. The molecule has 2 aliphatic heterocycles. The first kappa shape index (κ1) is 14.1. The number of amides is 2. The molecule has 2 aliphatic rings. The fraction of sp³-hybridized carbons (Fsp3) is 0.500. The van der Waals surface area contributed by atoms with Gasteiger partial charge in [-0.25, -0.2) is 0 Å². The zero-order valence-corrected chi connectivity index (χ0v) is 12.1. The van der Waals surface area contributed by atoms with E-state index in [-0.39, 0.29) is 30.1 Å². The first-order valence-electron chi connectivity index (χ1n) is 7.48. The number of rotatable bonds is 3. The summed E-state index contributed by atoms with van der Waals surface area (Å²) in [6.45, 7) is 1.98. The maximum atomic E-state index is 12.3. The zero-order valence-electron chi connectivity index (χ0n) is 12.1. The van der Waals surface area contributed by atoms with E-state index in [1.165, 1.54) is 0 Å². The zero-order chi connectivity index (χ0) is 14.8. The van der Waals surface area contributed by atoms with Gasteiger partial charge in [0.25, 0.3) is 5.91 Å². The number of benzene rings is 1. The Morgan fingerprint density at radius 2 is 2.10 bits per heavy atom. The summed E-state index contributed by atoms with van der Waals surface area (Å²) in [7, 11) is 0. The van der Waals surface area contributed by atoms with Gasteiger partial charge in [-0.2, -0.15) is 0 Å². The summed E-state index contributed by atoms with van der Waals surface area (Å²) >= 11 is 0. The molecule has 0 aromatic heterocycles. The predicted molar refractivity (Wildman–Crippen MR) is 78.8 cm³/mol. The Bertz CT molecular complexity index is 558. The Morgan fingerprint density at radius 1 is 1.29 bits per heavy atom. The predicted octanol–water partition coefficient (Wildman–Crippen LogP) is 2.14. The molecule has 5 nitrogen and oxygen atoms in total. The largest absolute Gasteiger partial charge is 0.365 e. The van der Waals surface area contributed by atoms with Gasteiger partial charge >= 0.3 is 0 Å². The van der Waals surface area contributed by atoms with Gasteiger partial charge in [-0.15, -0.1) is 0 Å². The Kier molecular flexibility index (Phi) is 3.92. The fourth-order valence-electron chi connectivity index (χ4n) is 2.97. The molecule has 0 aliphatic carbocycles. The number of carbonyl (C=O) groups excluding carboxylic acids is 2. The normalized spacial score (nSPS) is 28.4. The number of hydrogen-bond acceptors (Lipinski definition) is 3. The van der Waals surface area contributed by atoms with Crippen LogP contribution in [0.5, 0.6) is 0 Å². The van der Waals surface area contributed by atoms with E-state index in [0.717, 1.165) is 30.5 Å². The Labute approximate surface area is 124 Å². The second-order valence-corrected chi connectivity index (χ2v) is 5.75. The highest BCUT2D eigenvalue weighted by atomic mass is 16.5. The molecule has 1 aromatic carbocycles. The van der Waals surface area contributed by atoms with Crippen molar-refractivity contribution < 1.29 is 14.3 Å². The minimum Gasteiger partial charge on any atom is -0.365 e. The van der Waals surface area contributed by atoms with Crippen LogP contribution in [0.4, 0.5) is 5.69 Å². The fourth-order valence-corrected chi connectivity index (χ4v) is 2.97. The lowest BCUT2D eigenvalue weighted by molar-refractivity contribution is -0.126. The van der Waals surface area contributed by atoms with Crippen LogP contribution >= 0.6 is 0 Å². The molecule has 0 bridgehead atoms. The van der Waals surface area contributed by atoms with Crippen LogP contribution in [-0.4, -0.2) is 24.0 Å². The van der Waals surface area contributed by atoms with Gasteiger partial charge < -0.3 is 15.4 Å². The summed E-state index contributed by atoms with van der Waals surface area (Å²) in [4.78, 5) is 23.7. The maximum absolute atomic E-state index is 12.3. The van der Waals surface area contributed by atoms with Crippen LogP contribution in [0.3, 0.4) is 0 Å². The number of carbonyl (C=O) groups is 2. The molecule has 2 N–H and O–H groups in total. The van der Waals surface area contributed by atoms with Gasteiger partial charge in [0.1, 0.15) is 6.10 Å². The van der Waals surface area contributed by atoms with Gasteiger partial charge in [-0.3, -0.25) is 9.59 Å². The second-order valence-electron chi connectivity index (χ2n) is 5.75. The summed E-state index contributed by atoms with van der Waals surface area (Å²) in [5.41, 5.74) is 1.72. The van der Waals surface area contributed by atoms with E-state index >= 15 is 0 Å². The summed E-state index contributed by atoms with van der Waals surface area (Å²) in [6.07, 6.45) is 2.75. The van der Waals surface area contributed by atoms with Crippen molar-refractivity contribution in [2.75, 3.05) is 5.32 Å².